The molecule has 0 aliphatic heterocycles. The van der Waals surface area contributed by atoms with Gasteiger partial charge in [0.25, 0.3) is 0 Å². The Bertz CT molecular complexity index is 445. The molecule has 0 bridgehead atoms. The highest BCUT2D eigenvalue weighted by Crippen LogP contribution is 2.16. The van der Waals surface area contributed by atoms with Gasteiger partial charge in [0.2, 0.25) is 5.89 Å². The van der Waals surface area contributed by atoms with Crippen LogP contribution in [-0.4, -0.2) is 16.3 Å². The minimum absolute atomic E-state index is 0.400. The van der Waals surface area contributed by atoms with Crippen molar-refractivity contribution in [1.82, 2.24) is 9.97 Å². The molecule has 0 atom stereocenters. The largest absolute Gasteiger partial charge is 0.444 e. The van der Waals surface area contributed by atoms with E-state index in [1.807, 2.05) is 6.92 Å². The SMILES string of the molecule is Cc1coc(-c2ccc(C=O)nc2)n1. The number of rotatable bonds is 2. The van der Waals surface area contributed by atoms with Crippen molar-refractivity contribution in [3.63, 3.8) is 0 Å². The van der Waals surface area contributed by atoms with Gasteiger partial charge in [0.1, 0.15) is 12.0 Å². The maximum Gasteiger partial charge on any atom is 0.227 e. The molecule has 70 valence electrons. The molecule has 0 N–H and O–H groups in total. The summed E-state index contributed by atoms with van der Waals surface area (Å²) < 4.78 is 5.18. The van der Waals surface area contributed by atoms with Crippen LogP contribution in [0.25, 0.3) is 11.5 Å². The first kappa shape index (κ1) is 8.62. The Morgan fingerprint density at radius 2 is 2.29 bits per heavy atom. The van der Waals surface area contributed by atoms with E-state index in [9.17, 15) is 4.79 Å². The summed E-state index contributed by atoms with van der Waals surface area (Å²) in [6, 6.07) is 3.38. The van der Waals surface area contributed by atoms with Crippen LogP contribution in [0.4, 0.5) is 0 Å². The van der Waals surface area contributed by atoms with Crippen LogP contribution in [-0.2, 0) is 0 Å². The lowest BCUT2D eigenvalue weighted by atomic mass is 10.2. The minimum Gasteiger partial charge on any atom is -0.444 e. The van der Waals surface area contributed by atoms with E-state index in [4.69, 9.17) is 4.42 Å². The standard InChI is InChI=1S/C10H8N2O2/c1-7-6-14-10(12-7)8-2-3-9(5-13)11-4-8/h2-6H,1H3. The van der Waals surface area contributed by atoms with Crippen molar-refractivity contribution in [2.45, 2.75) is 6.92 Å². The second-order valence-electron chi connectivity index (χ2n) is 2.88. The summed E-state index contributed by atoms with van der Waals surface area (Å²) >= 11 is 0. The number of carbonyl (C=O) groups is 1. The fourth-order valence-electron chi connectivity index (χ4n) is 1.09. The van der Waals surface area contributed by atoms with Gasteiger partial charge in [0, 0.05) is 6.20 Å². The van der Waals surface area contributed by atoms with Gasteiger partial charge >= 0.3 is 0 Å². The van der Waals surface area contributed by atoms with Crippen molar-refractivity contribution in [2.75, 3.05) is 0 Å². The number of nitrogens with zero attached hydrogens (tertiary/aromatic N) is 2. The van der Waals surface area contributed by atoms with Crippen LogP contribution in [0.3, 0.4) is 0 Å². The van der Waals surface area contributed by atoms with Gasteiger partial charge in [-0.05, 0) is 19.1 Å². The molecule has 0 saturated carbocycles. The summed E-state index contributed by atoms with van der Waals surface area (Å²) in [7, 11) is 0. The predicted molar refractivity (Wildman–Crippen MR) is 49.9 cm³/mol. The lowest BCUT2D eigenvalue weighted by Gasteiger charge is -1.93. The molecule has 0 fully saturated rings. The van der Waals surface area contributed by atoms with E-state index in [2.05, 4.69) is 9.97 Å². The van der Waals surface area contributed by atoms with Gasteiger partial charge in [-0.25, -0.2) is 4.98 Å². The van der Waals surface area contributed by atoms with Crippen LogP contribution in [0, 0.1) is 6.92 Å². The molecule has 0 aliphatic carbocycles. The number of oxazole rings is 1. The zero-order valence-electron chi connectivity index (χ0n) is 7.60. The maximum absolute atomic E-state index is 10.4. The molecule has 0 unspecified atom stereocenters. The normalized spacial score (nSPS) is 10.1. The first-order chi connectivity index (χ1) is 6.79. The lowest BCUT2D eigenvalue weighted by Crippen LogP contribution is -1.86. The molecular weight excluding hydrogens is 180 g/mol. The molecule has 4 heteroatoms. The third-order valence-electron chi connectivity index (χ3n) is 1.77. The predicted octanol–water partition coefficient (Wildman–Crippen LogP) is 1.86. The smallest absolute Gasteiger partial charge is 0.227 e. The first-order valence-electron chi connectivity index (χ1n) is 4.13. The van der Waals surface area contributed by atoms with E-state index in [0.29, 0.717) is 17.9 Å². The Kier molecular flexibility index (Phi) is 2.10. The number of pyridine rings is 1. The molecule has 2 aromatic rings. The first-order valence-corrected chi connectivity index (χ1v) is 4.13. The Morgan fingerprint density at radius 1 is 1.43 bits per heavy atom. The van der Waals surface area contributed by atoms with Crippen LogP contribution in [0.1, 0.15) is 16.2 Å². The average molecular weight is 188 g/mol. The molecule has 0 spiro atoms. The van der Waals surface area contributed by atoms with E-state index < -0.39 is 0 Å². The van der Waals surface area contributed by atoms with Crippen LogP contribution in [0.15, 0.2) is 29.0 Å². The van der Waals surface area contributed by atoms with Gasteiger partial charge < -0.3 is 4.42 Å². The molecule has 14 heavy (non-hydrogen) atoms. The van der Waals surface area contributed by atoms with E-state index in [-0.39, 0.29) is 0 Å². The topological polar surface area (TPSA) is 56.0 Å². The summed E-state index contributed by atoms with van der Waals surface area (Å²) in [4.78, 5) is 18.4. The van der Waals surface area contributed by atoms with Gasteiger partial charge in [0.15, 0.2) is 6.29 Å². The zero-order valence-corrected chi connectivity index (χ0v) is 7.60. The zero-order chi connectivity index (χ0) is 9.97. The third-order valence-corrected chi connectivity index (χ3v) is 1.77. The Hall–Kier alpha value is -1.97. The summed E-state index contributed by atoms with van der Waals surface area (Å²) in [6.45, 7) is 1.85. The maximum atomic E-state index is 10.4. The number of hydrogen-bond donors (Lipinski definition) is 0. The molecule has 0 aromatic carbocycles. The number of aldehydes is 1. The second-order valence-corrected chi connectivity index (χ2v) is 2.88. The fourth-order valence-corrected chi connectivity index (χ4v) is 1.09. The van der Waals surface area contributed by atoms with Crippen molar-refractivity contribution < 1.29 is 9.21 Å². The van der Waals surface area contributed by atoms with Gasteiger partial charge in [0.05, 0.1) is 11.3 Å². The van der Waals surface area contributed by atoms with Crippen LogP contribution in [0.2, 0.25) is 0 Å². The molecule has 0 amide bonds. The van der Waals surface area contributed by atoms with E-state index in [0.717, 1.165) is 11.3 Å². The number of aromatic nitrogens is 2. The monoisotopic (exact) mass is 188 g/mol. The minimum atomic E-state index is 0.400. The van der Waals surface area contributed by atoms with Gasteiger partial charge in [-0.2, -0.15) is 0 Å². The van der Waals surface area contributed by atoms with Gasteiger partial charge in [-0.15, -0.1) is 0 Å². The molecule has 2 rings (SSSR count). The van der Waals surface area contributed by atoms with E-state index >= 15 is 0 Å². The molecule has 2 heterocycles. The summed E-state index contributed by atoms with van der Waals surface area (Å²) in [6.07, 6.45) is 3.84. The molecular formula is C10H8N2O2. The number of hydrogen-bond acceptors (Lipinski definition) is 4. The Labute approximate surface area is 80.6 Å². The quantitative estimate of drug-likeness (QED) is 0.675. The molecule has 0 saturated heterocycles. The summed E-state index contributed by atoms with van der Waals surface area (Å²) in [5.41, 5.74) is 1.99. The Balaban J connectivity index is 2.38. The van der Waals surface area contributed by atoms with Crippen molar-refractivity contribution >= 4 is 6.29 Å². The van der Waals surface area contributed by atoms with Crippen LogP contribution in [0.5, 0.6) is 0 Å². The highest BCUT2D eigenvalue weighted by Gasteiger charge is 2.04. The molecule has 4 nitrogen and oxygen atoms in total. The van der Waals surface area contributed by atoms with Crippen LogP contribution >= 0.6 is 0 Å². The Morgan fingerprint density at radius 3 is 2.79 bits per heavy atom. The molecule has 0 aliphatic rings. The van der Waals surface area contributed by atoms with E-state index in [1.54, 1.807) is 24.6 Å². The van der Waals surface area contributed by atoms with Gasteiger partial charge in [-0.3, -0.25) is 9.78 Å². The van der Waals surface area contributed by atoms with Crippen molar-refractivity contribution in [1.29, 1.82) is 0 Å². The number of carbonyl (C=O) groups excluding carboxylic acids is 1. The highest BCUT2D eigenvalue weighted by atomic mass is 16.3. The van der Waals surface area contributed by atoms with Gasteiger partial charge in [-0.1, -0.05) is 0 Å². The number of aryl methyl sites for hydroxylation is 1. The summed E-state index contributed by atoms with van der Waals surface area (Å²) in [5.74, 6) is 0.521. The fraction of sp³-hybridized carbons (Fsp3) is 0.100. The van der Waals surface area contributed by atoms with Crippen molar-refractivity contribution in [3.05, 3.63) is 36.0 Å². The van der Waals surface area contributed by atoms with Crippen LogP contribution < -0.4 is 0 Å². The van der Waals surface area contributed by atoms with E-state index in [1.165, 1.54) is 0 Å². The third kappa shape index (κ3) is 1.54. The second kappa shape index (κ2) is 3.41. The summed E-state index contributed by atoms with van der Waals surface area (Å²) in [5, 5.41) is 0. The van der Waals surface area contributed by atoms with Crippen molar-refractivity contribution in [2.24, 2.45) is 0 Å². The van der Waals surface area contributed by atoms with Crippen molar-refractivity contribution in [3.8, 4) is 11.5 Å². The lowest BCUT2D eigenvalue weighted by molar-refractivity contribution is 0.111. The average Bonchev–Trinajstić information content (AvgIpc) is 2.65. The highest BCUT2D eigenvalue weighted by molar-refractivity contribution is 5.72. The molecule has 0 radical (unpaired) electrons. The molecule has 2 aromatic heterocycles.